The normalized spacial score (nSPS) is 17.4. The molecule has 0 bridgehead atoms. The van der Waals surface area contributed by atoms with Crippen LogP contribution in [0.15, 0.2) is 48.7 Å². The van der Waals surface area contributed by atoms with Crippen LogP contribution in [0.3, 0.4) is 0 Å². The van der Waals surface area contributed by atoms with Gasteiger partial charge >= 0.3 is 5.97 Å². The fraction of sp³-hybridized carbons (Fsp3) is 0.368. The summed E-state index contributed by atoms with van der Waals surface area (Å²) in [5.74, 6) is -0.0990. The summed E-state index contributed by atoms with van der Waals surface area (Å²) >= 11 is 0. The number of nitrogens with zero attached hydrogens (tertiary/aromatic N) is 2. The number of aromatic nitrogens is 1. The third-order valence-electron chi connectivity index (χ3n) is 4.64. The Labute approximate surface area is 141 Å². The van der Waals surface area contributed by atoms with E-state index in [0.29, 0.717) is 12.8 Å². The first-order valence-corrected chi connectivity index (χ1v) is 8.21. The number of likely N-dealkylation sites (tertiary alicyclic amines) is 1. The summed E-state index contributed by atoms with van der Waals surface area (Å²) in [4.78, 5) is 18.1. The van der Waals surface area contributed by atoms with Crippen molar-refractivity contribution in [1.82, 2.24) is 9.88 Å². The summed E-state index contributed by atoms with van der Waals surface area (Å²) in [5.41, 5.74) is 2.12. The summed E-state index contributed by atoms with van der Waals surface area (Å²) in [7, 11) is 1.65. The zero-order valence-corrected chi connectivity index (χ0v) is 13.8. The summed E-state index contributed by atoms with van der Waals surface area (Å²) in [5, 5.41) is 9.21. The fourth-order valence-electron chi connectivity index (χ4n) is 3.30. The van der Waals surface area contributed by atoms with Crippen LogP contribution >= 0.6 is 0 Å². The minimum Gasteiger partial charge on any atom is -0.497 e. The van der Waals surface area contributed by atoms with Gasteiger partial charge in [-0.25, -0.2) is 0 Å². The molecule has 0 radical (unpaired) electrons. The lowest BCUT2D eigenvalue weighted by molar-refractivity contribution is -0.143. The summed E-state index contributed by atoms with van der Waals surface area (Å²) in [6, 6.07) is 14.0. The zero-order valence-electron chi connectivity index (χ0n) is 13.8. The quantitative estimate of drug-likeness (QED) is 0.915. The van der Waals surface area contributed by atoms with Gasteiger partial charge in [0.1, 0.15) is 5.75 Å². The molecule has 1 fully saturated rings. The number of benzene rings is 1. The van der Waals surface area contributed by atoms with Crippen LogP contribution in [-0.2, 0) is 4.79 Å². The van der Waals surface area contributed by atoms with E-state index in [1.165, 1.54) is 0 Å². The molecule has 1 N–H and O–H groups in total. The van der Waals surface area contributed by atoms with Crippen molar-refractivity contribution in [3.63, 3.8) is 0 Å². The van der Waals surface area contributed by atoms with Gasteiger partial charge in [0.15, 0.2) is 0 Å². The zero-order chi connectivity index (χ0) is 16.9. The Balaban J connectivity index is 1.87. The summed E-state index contributed by atoms with van der Waals surface area (Å²) in [6.45, 7) is 1.51. The number of rotatable bonds is 5. The van der Waals surface area contributed by atoms with Gasteiger partial charge in [0, 0.05) is 6.20 Å². The summed E-state index contributed by atoms with van der Waals surface area (Å²) < 4.78 is 5.25. The molecule has 0 spiro atoms. The van der Waals surface area contributed by atoms with Crippen LogP contribution in [-0.4, -0.2) is 41.2 Å². The highest BCUT2D eigenvalue weighted by Gasteiger charge is 2.30. The maximum Gasteiger partial charge on any atom is 0.306 e. The minimum absolute atomic E-state index is 0.0341. The first-order valence-electron chi connectivity index (χ1n) is 8.21. The van der Waals surface area contributed by atoms with Gasteiger partial charge in [0.25, 0.3) is 0 Å². The van der Waals surface area contributed by atoms with Gasteiger partial charge in [-0.2, -0.15) is 0 Å². The molecule has 24 heavy (non-hydrogen) atoms. The van der Waals surface area contributed by atoms with E-state index >= 15 is 0 Å². The first kappa shape index (κ1) is 16.5. The number of hydrogen-bond donors (Lipinski definition) is 1. The topological polar surface area (TPSA) is 62.7 Å². The van der Waals surface area contributed by atoms with Crippen molar-refractivity contribution in [3.05, 3.63) is 59.9 Å². The lowest BCUT2D eigenvalue weighted by atomic mass is 9.93. The highest BCUT2D eigenvalue weighted by molar-refractivity contribution is 5.70. The van der Waals surface area contributed by atoms with E-state index in [0.717, 1.165) is 30.1 Å². The van der Waals surface area contributed by atoms with Crippen molar-refractivity contribution < 1.29 is 14.6 Å². The number of pyridine rings is 1. The molecule has 1 aliphatic rings. The van der Waals surface area contributed by atoms with Crippen LogP contribution in [0.2, 0.25) is 0 Å². The Bertz CT molecular complexity index is 665. The smallest absolute Gasteiger partial charge is 0.306 e. The molecule has 0 aliphatic carbocycles. The van der Waals surface area contributed by atoms with Crippen LogP contribution < -0.4 is 4.74 Å². The molecule has 3 rings (SSSR count). The average molecular weight is 326 g/mol. The number of piperidine rings is 1. The molecule has 1 aromatic carbocycles. The van der Waals surface area contributed by atoms with Gasteiger partial charge in [-0.1, -0.05) is 18.2 Å². The second-order valence-corrected chi connectivity index (χ2v) is 6.08. The van der Waals surface area contributed by atoms with Gasteiger partial charge < -0.3 is 9.84 Å². The van der Waals surface area contributed by atoms with Crippen molar-refractivity contribution in [2.75, 3.05) is 20.2 Å². The number of carboxylic acids is 1. The Hall–Kier alpha value is -2.40. The Morgan fingerprint density at radius 2 is 1.92 bits per heavy atom. The van der Waals surface area contributed by atoms with Gasteiger partial charge in [-0.3, -0.25) is 14.7 Å². The van der Waals surface area contributed by atoms with Crippen LogP contribution in [0.25, 0.3) is 0 Å². The Kier molecular flexibility index (Phi) is 5.11. The number of ether oxygens (including phenoxy) is 1. The molecule has 0 amide bonds. The highest BCUT2D eigenvalue weighted by atomic mass is 16.5. The molecule has 1 aromatic heterocycles. The van der Waals surface area contributed by atoms with Gasteiger partial charge in [0.05, 0.1) is 24.8 Å². The Morgan fingerprint density at radius 3 is 2.46 bits per heavy atom. The molecule has 1 saturated heterocycles. The van der Waals surface area contributed by atoms with E-state index in [-0.39, 0.29) is 12.0 Å². The largest absolute Gasteiger partial charge is 0.497 e. The third kappa shape index (κ3) is 3.57. The molecule has 0 saturated carbocycles. The van der Waals surface area contributed by atoms with E-state index in [4.69, 9.17) is 4.74 Å². The molecule has 5 heteroatoms. The second kappa shape index (κ2) is 7.45. The molecule has 1 aliphatic heterocycles. The van der Waals surface area contributed by atoms with E-state index < -0.39 is 5.97 Å². The molecule has 5 nitrogen and oxygen atoms in total. The van der Waals surface area contributed by atoms with Crippen LogP contribution in [0.4, 0.5) is 0 Å². The van der Waals surface area contributed by atoms with Gasteiger partial charge in [0.2, 0.25) is 0 Å². The van der Waals surface area contributed by atoms with E-state index in [1.54, 1.807) is 13.3 Å². The van der Waals surface area contributed by atoms with Crippen LogP contribution in [0.1, 0.15) is 30.1 Å². The first-order chi connectivity index (χ1) is 11.7. The lowest BCUT2D eigenvalue weighted by Crippen LogP contribution is -2.39. The van der Waals surface area contributed by atoms with Gasteiger partial charge in [-0.05, 0) is 55.8 Å². The van der Waals surface area contributed by atoms with E-state index in [1.807, 2.05) is 30.3 Å². The third-order valence-corrected chi connectivity index (χ3v) is 4.64. The van der Waals surface area contributed by atoms with Crippen LogP contribution in [0.5, 0.6) is 5.75 Å². The predicted molar refractivity (Wildman–Crippen MR) is 91.0 cm³/mol. The number of hydrogen-bond acceptors (Lipinski definition) is 4. The highest BCUT2D eigenvalue weighted by Crippen LogP contribution is 2.32. The number of aliphatic carboxylic acids is 1. The predicted octanol–water partition coefficient (Wildman–Crippen LogP) is 2.98. The molecular formula is C19H22N2O3. The van der Waals surface area contributed by atoms with Crippen molar-refractivity contribution in [1.29, 1.82) is 0 Å². The maximum absolute atomic E-state index is 11.2. The molecule has 1 unspecified atom stereocenters. The van der Waals surface area contributed by atoms with Crippen molar-refractivity contribution in [2.24, 2.45) is 5.92 Å². The second-order valence-electron chi connectivity index (χ2n) is 6.08. The van der Waals surface area contributed by atoms with E-state index in [2.05, 4.69) is 22.0 Å². The molecule has 126 valence electrons. The fourth-order valence-corrected chi connectivity index (χ4v) is 3.30. The number of carboxylic acid groups (broad SMARTS) is 1. The Morgan fingerprint density at radius 1 is 1.21 bits per heavy atom. The van der Waals surface area contributed by atoms with Crippen LogP contribution in [0, 0.1) is 5.92 Å². The summed E-state index contributed by atoms with van der Waals surface area (Å²) in [6.07, 6.45) is 3.15. The van der Waals surface area contributed by atoms with Gasteiger partial charge in [-0.15, -0.1) is 0 Å². The van der Waals surface area contributed by atoms with Crippen molar-refractivity contribution >= 4 is 5.97 Å². The van der Waals surface area contributed by atoms with Crippen molar-refractivity contribution in [3.8, 4) is 5.75 Å². The standard InChI is InChI=1S/C19H22N2O3/c1-24-16-7-5-14(6-8-16)18(17-4-2-3-11-20-17)21-12-9-15(10-13-21)19(22)23/h2-8,11,15,18H,9-10,12-13H2,1H3,(H,22,23). The molecule has 1 atom stereocenters. The number of carbonyl (C=O) groups is 1. The minimum atomic E-state index is -0.687. The molecule has 2 aromatic rings. The van der Waals surface area contributed by atoms with E-state index in [9.17, 15) is 9.90 Å². The average Bonchev–Trinajstić information content (AvgIpc) is 2.64. The number of methoxy groups -OCH3 is 1. The SMILES string of the molecule is COc1ccc(C(c2ccccn2)N2CCC(C(=O)O)CC2)cc1. The molecular weight excluding hydrogens is 304 g/mol. The lowest BCUT2D eigenvalue weighted by Gasteiger charge is -2.36. The van der Waals surface area contributed by atoms with Crippen molar-refractivity contribution in [2.45, 2.75) is 18.9 Å². The molecule has 2 heterocycles. The monoisotopic (exact) mass is 326 g/mol. The maximum atomic E-state index is 11.2.